The number of nitrogens with two attached hydrogens (primary N) is 1. The van der Waals surface area contributed by atoms with Crippen molar-refractivity contribution in [3.63, 3.8) is 0 Å². The molecule has 1 aromatic rings. The molecule has 2 rings (SSSR count). The van der Waals surface area contributed by atoms with Crippen LogP contribution in [0.25, 0.3) is 0 Å². The van der Waals surface area contributed by atoms with Crippen LogP contribution in [0.15, 0.2) is 24.3 Å². The first-order valence-electron chi connectivity index (χ1n) is 7.63. The zero-order chi connectivity index (χ0) is 15.5. The van der Waals surface area contributed by atoms with Crippen LogP contribution in [0.1, 0.15) is 44.6 Å². The van der Waals surface area contributed by atoms with Crippen molar-refractivity contribution in [3.8, 4) is 5.75 Å². The number of halogens is 1. The summed E-state index contributed by atoms with van der Waals surface area (Å²) >= 11 is 0. The summed E-state index contributed by atoms with van der Waals surface area (Å²) in [5.41, 5.74) is 6.75. The lowest BCUT2D eigenvalue weighted by Crippen LogP contribution is -2.53. The standard InChI is InChI=1S/C17H26N2O2.ClH/c1-12(13-4-8-15(21-3)9-5-13)10-16(20)19-17(2,11-18)14-6-7-14;/h4-5,8-9,12,14H,6-7,10-11,18H2,1-3H3,(H,19,20);1H. The maximum atomic E-state index is 12.3. The zero-order valence-electron chi connectivity index (χ0n) is 13.6. The van der Waals surface area contributed by atoms with E-state index in [9.17, 15) is 4.79 Å². The highest BCUT2D eigenvalue weighted by Gasteiger charge is 2.41. The fourth-order valence-corrected chi connectivity index (χ4v) is 2.74. The number of hydrogen-bond donors (Lipinski definition) is 2. The van der Waals surface area contributed by atoms with Crippen molar-refractivity contribution in [1.29, 1.82) is 0 Å². The van der Waals surface area contributed by atoms with E-state index in [1.54, 1.807) is 7.11 Å². The summed E-state index contributed by atoms with van der Waals surface area (Å²) in [4.78, 5) is 12.3. The Morgan fingerprint density at radius 2 is 2.00 bits per heavy atom. The van der Waals surface area contributed by atoms with Gasteiger partial charge in [-0.05, 0) is 49.3 Å². The van der Waals surface area contributed by atoms with Crippen molar-refractivity contribution in [1.82, 2.24) is 5.32 Å². The van der Waals surface area contributed by atoms with Crippen LogP contribution in [0.4, 0.5) is 0 Å². The molecule has 2 atom stereocenters. The van der Waals surface area contributed by atoms with Gasteiger partial charge < -0.3 is 15.8 Å². The summed E-state index contributed by atoms with van der Waals surface area (Å²) in [6.07, 6.45) is 2.82. The molecule has 0 radical (unpaired) electrons. The van der Waals surface area contributed by atoms with Crippen molar-refractivity contribution in [2.45, 2.75) is 44.6 Å². The fourth-order valence-electron chi connectivity index (χ4n) is 2.74. The molecule has 0 aromatic heterocycles. The van der Waals surface area contributed by atoms with Gasteiger partial charge in [-0.25, -0.2) is 0 Å². The van der Waals surface area contributed by atoms with Gasteiger partial charge in [0.15, 0.2) is 0 Å². The number of benzene rings is 1. The number of methoxy groups -OCH3 is 1. The Morgan fingerprint density at radius 3 is 2.45 bits per heavy atom. The van der Waals surface area contributed by atoms with Crippen molar-refractivity contribution < 1.29 is 9.53 Å². The van der Waals surface area contributed by atoms with Crippen molar-refractivity contribution in [3.05, 3.63) is 29.8 Å². The second kappa shape index (κ2) is 7.84. The van der Waals surface area contributed by atoms with Gasteiger partial charge >= 0.3 is 0 Å². The number of rotatable bonds is 7. The van der Waals surface area contributed by atoms with Crippen molar-refractivity contribution in [2.24, 2.45) is 11.7 Å². The first kappa shape index (κ1) is 18.8. The van der Waals surface area contributed by atoms with E-state index in [-0.39, 0.29) is 29.8 Å². The molecule has 1 saturated carbocycles. The van der Waals surface area contributed by atoms with Gasteiger partial charge in [0.1, 0.15) is 5.75 Å². The molecule has 0 saturated heterocycles. The molecule has 0 bridgehead atoms. The summed E-state index contributed by atoms with van der Waals surface area (Å²) in [5.74, 6) is 1.64. The minimum absolute atomic E-state index is 0. The molecule has 1 aliphatic carbocycles. The Labute approximate surface area is 139 Å². The Kier molecular flexibility index (Phi) is 6.69. The average molecular weight is 327 g/mol. The number of carbonyl (C=O) groups excluding carboxylic acids is 1. The van der Waals surface area contributed by atoms with Crippen LogP contribution in [-0.2, 0) is 4.79 Å². The summed E-state index contributed by atoms with van der Waals surface area (Å²) in [7, 11) is 1.65. The Morgan fingerprint density at radius 1 is 1.41 bits per heavy atom. The molecular formula is C17H27ClN2O2. The molecule has 22 heavy (non-hydrogen) atoms. The van der Waals surface area contributed by atoms with Gasteiger partial charge in [-0.3, -0.25) is 4.79 Å². The minimum Gasteiger partial charge on any atom is -0.497 e. The van der Waals surface area contributed by atoms with E-state index in [0.29, 0.717) is 18.9 Å². The molecule has 124 valence electrons. The number of ether oxygens (including phenoxy) is 1. The zero-order valence-corrected chi connectivity index (χ0v) is 14.4. The van der Waals surface area contributed by atoms with Gasteiger partial charge in [-0.15, -0.1) is 12.4 Å². The topological polar surface area (TPSA) is 64.3 Å². The molecule has 2 unspecified atom stereocenters. The number of nitrogens with one attached hydrogen (secondary N) is 1. The lowest BCUT2D eigenvalue weighted by Gasteiger charge is -2.30. The lowest BCUT2D eigenvalue weighted by molar-refractivity contribution is -0.123. The van der Waals surface area contributed by atoms with Crippen LogP contribution >= 0.6 is 12.4 Å². The summed E-state index contributed by atoms with van der Waals surface area (Å²) < 4.78 is 5.15. The van der Waals surface area contributed by atoms with Gasteiger partial charge in [0.2, 0.25) is 5.91 Å². The SMILES string of the molecule is COc1ccc(C(C)CC(=O)NC(C)(CN)C2CC2)cc1.Cl. The van der Waals surface area contributed by atoms with E-state index < -0.39 is 0 Å². The van der Waals surface area contributed by atoms with Crippen LogP contribution in [0.3, 0.4) is 0 Å². The van der Waals surface area contributed by atoms with E-state index in [1.165, 1.54) is 12.8 Å². The van der Waals surface area contributed by atoms with Crippen molar-refractivity contribution in [2.75, 3.05) is 13.7 Å². The third-order valence-corrected chi connectivity index (χ3v) is 4.50. The van der Waals surface area contributed by atoms with E-state index >= 15 is 0 Å². The van der Waals surface area contributed by atoms with Crippen molar-refractivity contribution >= 4 is 18.3 Å². The quantitative estimate of drug-likeness (QED) is 0.809. The second-order valence-electron chi connectivity index (χ2n) is 6.32. The van der Waals surface area contributed by atoms with E-state index in [2.05, 4.69) is 19.2 Å². The average Bonchev–Trinajstić information content (AvgIpc) is 3.32. The summed E-state index contributed by atoms with van der Waals surface area (Å²) in [6, 6.07) is 7.88. The molecule has 0 heterocycles. The molecule has 3 N–H and O–H groups in total. The molecule has 0 aliphatic heterocycles. The molecule has 4 nitrogen and oxygen atoms in total. The molecule has 0 spiro atoms. The molecule has 1 aromatic carbocycles. The molecule has 5 heteroatoms. The molecular weight excluding hydrogens is 300 g/mol. The highest BCUT2D eigenvalue weighted by atomic mass is 35.5. The van der Waals surface area contributed by atoms with Crippen LogP contribution in [0.2, 0.25) is 0 Å². The van der Waals surface area contributed by atoms with E-state index in [1.807, 2.05) is 24.3 Å². The van der Waals surface area contributed by atoms with Crippen LogP contribution in [0, 0.1) is 5.92 Å². The third kappa shape index (κ3) is 4.62. The van der Waals surface area contributed by atoms with E-state index in [0.717, 1.165) is 11.3 Å². The first-order chi connectivity index (χ1) is 9.98. The highest BCUT2D eigenvalue weighted by Crippen LogP contribution is 2.39. The van der Waals surface area contributed by atoms with E-state index in [4.69, 9.17) is 10.5 Å². The first-order valence-corrected chi connectivity index (χ1v) is 7.63. The Bertz CT molecular complexity index is 488. The van der Waals surface area contributed by atoms with Gasteiger partial charge in [0, 0.05) is 13.0 Å². The number of carbonyl (C=O) groups is 1. The number of hydrogen-bond acceptors (Lipinski definition) is 3. The maximum absolute atomic E-state index is 12.3. The van der Waals surface area contributed by atoms with Gasteiger partial charge in [-0.2, -0.15) is 0 Å². The second-order valence-corrected chi connectivity index (χ2v) is 6.32. The maximum Gasteiger partial charge on any atom is 0.221 e. The summed E-state index contributed by atoms with van der Waals surface area (Å²) in [5, 5.41) is 3.14. The smallest absolute Gasteiger partial charge is 0.221 e. The Hall–Kier alpha value is -1.26. The van der Waals surface area contributed by atoms with Crippen LogP contribution < -0.4 is 15.8 Å². The van der Waals surface area contributed by atoms with Gasteiger partial charge in [-0.1, -0.05) is 19.1 Å². The highest BCUT2D eigenvalue weighted by molar-refractivity contribution is 5.85. The molecule has 1 fully saturated rings. The van der Waals surface area contributed by atoms with Gasteiger partial charge in [0.05, 0.1) is 12.6 Å². The lowest BCUT2D eigenvalue weighted by atomic mass is 9.93. The number of amides is 1. The monoisotopic (exact) mass is 326 g/mol. The normalized spacial score (nSPS) is 17.8. The van der Waals surface area contributed by atoms with Crippen LogP contribution in [-0.4, -0.2) is 25.1 Å². The summed E-state index contributed by atoms with van der Waals surface area (Å²) in [6.45, 7) is 4.62. The molecule has 1 amide bonds. The largest absolute Gasteiger partial charge is 0.497 e. The fraction of sp³-hybridized carbons (Fsp3) is 0.588. The Balaban J connectivity index is 0.00000242. The van der Waals surface area contributed by atoms with Crippen LogP contribution in [0.5, 0.6) is 5.75 Å². The van der Waals surface area contributed by atoms with Gasteiger partial charge in [0.25, 0.3) is 0 Å². The third-order valence-electron chi connectivity index (χ3n) is 4.50. The predicted octanol–water partition coefficient (Wildman–Crippen LogP) is 2.85. The minimum atomic E-state index is -0.239. The molecule has 1 aliphatic rings. The predicted molar refractivity (Wildman–Crippen MR) is 91.6 cm³/mol.